The molecule has 0 aromatic heterocycles. The Morgan fingerprint density at radius 2 is 2.00 bits per heavy atom. The first-order chi connectivity index (χ1) is 10.6. The van der Waals surface area contributed by atoms with Crippen LogP contribution in [0.15, 0.2) is 30.3 Å². The van der Waals surface area contributed by atoms with E-state index < -0.39 is 0 Å². The fraction of sp³-hybridized carbons (Fsp3) is 0.529. The molecule has 3 unspecified atom stereocenters. The number of amides is 1. The van der Waals surface area contributed by atoms with Crippen molar-refractivity contribution in [1.82, 2.24) is 4.90 Å². The molecule has 5 heteroatoms. The van der Waals surface area contributed by atoms with Crippen LogP contribution in [0.1, 0.15) is 25.3 Å². The fourth-order valence-electron chi connectivity index (χ4n) is 3.55. The minimum absolute atomic E-state index is 0.0812. The molecule has 0 bridgehead atoms. The molecule has 1 aromatic carbocycles. The third-order valence-electron chi connectivity index (χ3n) is 4.85. The van der Waals surface area contributed by atoms with Crippen molar-refractivity contribution in [1.29, 1.82) is 0 Å². The second-order valence-electron chi connectivity index (χ2n) is 6.66. The summed E-state index contributed by atoms with van der Waals surface area (Å²) in [6, 6.07) is 9.90. The van der Waals surface area contributed by atoms with Crippen LogP contribution in [0.25, 0.3) is 0 Å². The normalized spacial score (nSPS) is 30.1. The number of hydrogen-bond acceptors (Lipinski definition) is 3. The van der Waals surface area contributed by atoms with Gasteiger partial charge in [0.2, 0.25) is 5.91 Å². The summed E-state index contributed by atoms with van der Waals surface area (Å²) in [5.74, 6) is 0.722. The Hall–Kier alpha value is -1.78. The van der Waals surface area contributed by atoms with E-state index in [-0.39, 0.29) is 23.8 Å². The van der Waals surface area contributed by atoms with Gasteiger partial charge in [0, 0.05) is 12.5 Å². The first kappa shape index (κ1) is 15.1. The van der Waals surface area contributed by atoms with Crippen LogP contribution >= 0.6 is 0 Å². The van der Waals surface area contributed by atoms with E-state index in [1.54, 1.807) is 4.90 Å². The zero-order valence-corrected chi connectivity index (χ0v) is 13.2. The molecule has 4 atom stereocenters. The van der Waals surface area contributed by atoms with E-state index in [4.69, 9.17) is 4.65 Å². The van der Waals surface area contributed by atoms with Gasteiger partial charge in [-0.05, 0) is 36.7 Å². The molecule has 0 spiro atoms. The summed E-state index contributed by atoms with van der Waals surface area (Å²) < 4.78 is 4.85. The maximum absolute atomic E-state index is 12.7. The molecule has 3 rings (SSSR count). The number of hydrogen-bond donors (Lipinski definition) is 0. The summed E-state index contributed by atoms with van der Waals surface area (Å²) in [4.78, 5) is 26.3. The van der Waals surface area contributed by atoms with Gasteiger partial charge >= 0.3 is 14.0 Å². The Kier molecular flexibility index (Phi) is 4.23. The minimum atomic E-state index is -0.384. The van der Waals surface area contributed by atoms with Crippen molar-refractivity contribution in [3.05, 3.63) is 35.9 Å². The highest BCUT2D eigenvalue weighted by molar-refractivity contribution is 6.06. The van der Waals surface area contributed by atoms with Gasteiger partial charge in [0.1, 0.15) is 6.04 Å². The maximum atomic E-state index is 12.7. The van der Waals surface area contributed by atoms with Crippen LogP contribution in [0.4, 0.5) is 0 Å². The third kappa shape index (κ3) is 3.03. The molecule has 0 radical (unpaired) electrons. The van der Waals surface area contributed by atoms with Gasteiger partial charge in [-0.1, -0.05) is 37.3 Å². The lowest BCUT2D eigenvalue weighted by atomic mass is 10.1. The summed E-state index contributed by atoms with van der Waals surface area (Å²) in [5, 5.41) is 0. The number of likely N-dealkylation sites (tertiary alicyclic amines) is 1. The van der Waals surface area contributed by atoms with Crippen molar-refractivity contribution in [2.45, 2.75) is 32.2 Å². The van der Waals surface area contributed by atoms with E-state index in [9.17, 15) is 9.59 Å². The molecular weight excluding hydrogens is 277 g/mol. The van der Waals surface area contributed by atoms with Gasteiger partial charge in [-0.3, -0.25) is 9.59 Å². The Balaban J connectivity index is 1.61. The van der Waals surface area contributed by atoms with Crippen LogP contribution in [0.3, 0.4) is 0 Å². The van der Waals surface area contributed by atoms with Gasteiger partial charge in [0.15, 0.2) is 0 Å². The predicted octanol–water partition coefficient (Wildman–Crippen LogP) is 1.19. The Bertz CT molecular complexity index is 562. The Morgan fingerprint density at radius 1 is 1.27 bits per heavy atom. The lowest BCUT2D eigenvalue weighted by Crippen LogP contribution is -2.42. The van der Waals surface area contributed by atoms with Gasteiger partial charge in [0.25, 0.3) is 0 Å². The highest BCUT2D eigenvalue weighted by Gasteiger charge is 2.48. The van der Waals surface area contributed by atoms with Crippen LogP contribution < -0.4 is 0 Å². The summed E-state index contributed by atoms with van der Waals surface area (Å²) in [6.45, 7) is 2.75. The minimum Gasteiger partial charge on any atom is -0.542 e. The van der Waals surface area contributed by atoms with Crippen molar-refractivity contribution in [2.24, 2.45) is 17.8 Å². The standard InChI is InChI=1S/C17H22BNO3/c1-11-7-15(17(21)22-18)19(10-11)16(20)14-9-13(14)8-12-5-3-2-4-6-12/h2-6,11,13-15H,7-10,18H2,1H3/t11?,13?,14?,15-/m0/s1. The monoisotopic (exact) mass is 299 g/mol. The number of nitrogens with zero attached hydrogens (tertiary/aromatic N) is 1. The molecule has 1 saturated carbocycles. The van der Waals surface area contributed by atoms with Crippen LogP contribution in [-0.4, -0.2) is 37.4 Å². The molecule has 1 aliphatic heterocycles. The zero-order chi connectivity index (χ0) is 15.7. The largest absolute Gasteiger partial charge is 0.542 e. The van der Waals surface area contributed by atoms with Crippen LogP contribution in [0.2, 0.25) is 0 Å². The second kappa shape index (κ2) is 6.15. The third-order valence-corrected chi connectivity index (χ3v) is 4.85. The van der Waals surface area contributed by atoms with Gasteiger partial charge < -0.3 is 9.55 Å². The first-order valence-electron chi connectivity index (χ1n) is 8.02. The lowest BCUT2D eigenvalue weighted by Gasteiger charge is -2.23. The first-order valence-corrected chi connectivity index (χ1v) is 8.02. The lowest BCUT2D eigenvalue weighted by molar-refractivity contribution is -0.146. The molecule has 2 aliphatic rings. The molecule has 1 aromatic rings. The topological polar surface area (TPSA) is 46.6 Å². The van der Waals surface area contributed by atoms with Crippen molar-refractivity contribution in [2.75, 3.05) is 6.54 Å². The Morgan fingerprint density at radius 3 is 2.68 bits per heavy atom. The average Bonchev–Trinajstić information content (AvgIpc) is 3.18. The predicted molar refractivity (Wildman–Crippen MR) is 85.7 cm³/mol. The maximum Gasteiger partial charge on any atom is 0.326 e. The van der Waals surface area contributed by atoms with E-state index in [0.29, 0.717) is 24.8 Å². The summed E-state index contributed by atoms with van der Waals surface area (Å²) in [5.41, 5.74) is 1.28. The molecule has 1 saturated heterocycles. The molecule has 0 N–H and O–H groups in total. The van der Waals surface area contributed by atoms with E-state index in [2.05, 4.69) is 19.1 Å². The highest BCUT2D eigenvalue weighted by atomic mass is 16.5. The summed E-state index contributed by atoms with van der Waals surface area (Å²) >= 11 is 0. The molecular formula is C17H22BNO3. The molecule has 1 heterocycles. The Labute approximate surface area is 132 Å². The van der Waals surface area contributed by atoms with Crippen molar-refractivity contribution in [3.8, 4) is 0 Å². The number of rotatable bonds is 4. The summed E-state index contributed by atoms with van der Waals surface area (Å²) in [6.07, 6.45) is 2.60. The van der Waals surface area contributed by atoms with Crippen molar-refractivity contribution in [3.63, 3.8) is 0 Å². The number of benzene rings is 1. The van der Waals surface area contributed by atoms with Crippen LogP contribution in [-0.2, 0) is 20.7 Å². The molecule has 1 amide bonds. The molecule has 4 nitrogen and oxygen atoms in total. The fourth-order valence-corrected chi connectivity index (χ4v) is 3.55. The highest BCUT2D eigenvalue weighted by Crippen LogP contribution is 2.43. The average molecular weight is 299 g/mol. The van der Waals surface area contributed by atoms with E-state index >= 15 is 0 Å². The molecule has 116 valence electrons. The van der Waals surface area contributed by atoms with E-state index in [0.717, 1.165) is 12.8 Å². The van der Waals surface area contributed by atoms with Crippen LogP contribution in [0.5, 0.6) is 0 Å². The van der Waals surface area contributed by atoms with Gasteiger partial charge in [-0.15, -0.1) is 0 Å². The smallest absolute Gasteiger partial charge is 0.326 e. The quantitative estimate of drug-likeness (QED) is 0.785. The van der Waals surface area contributed by atoms with Crippen molar-refractivity contribution < 1.29 is 14.2 Å². The summed E-state index contributed by atoms with van der Waals surface area (Å²) in [7, 11) is 1.39. The zero-order valence-electron chi connectivity index (χ0n) is 13.2. The van der Waals surface area contributed by atoms with Crippen molar-refractivity contribution >= 4 is 19.9 Å². The molecule has 2 fully saturated rings. The second-order valence-corrected chi connectivity index (χ2v) is 6.66. The molecule has 1 aliphatic carbocycles. The number of carbonyl (C=O) groups excluding carboxylic acids is 2. The van der Waals surface area contributed by atoms with Gasteiger partial charge in [-0.2, -0.15) is 0 Å². The van der Waals surface area contributed by atoms with Gasteiger partial charge in [-0.25, -0.2) is 0 Å². The molecule has 22 heavy (non-hydrogen) atoms. The number of carbonyl (C=O) groups is 2. The van der Waals surface area contributed by atoms with E-state index in [1.807, 2.05) is 18.2 Å². The van der Waals surface area contributed by atoms with E-state index in [1.165, 1.54) is 13.6 Å². The SMILES string of the molecule is BOC(=O)[C@@H]1CC(C)CN1C(=O)C1CC1Cc1ccccc1. The van der Waals surface area contributed by atoms with Crippen LogP contribution in [0, 0.1) is 17.8 Å². The van der Waals surface area contributed by atoms with Gasteiger partial charge in [0.05, 0.1) is 0 Å².